The van der Waals surface area contributed by atoms with Gasteiger partial charge in [-0.25, -0.2) is 0 Å². The number of nitrogens with zero attached hydrogens (tertiary/aromatic N) is 4. The van der Waals surface area contributed by atoms with Crippen LogP contribution in [0.4, 0.5) is 5.82 Å². The zero-order chi connectivity index (χ0) is 20.3. The third-order valence-corrected chi connectivity index (χ3v) is 5.74. The molecule has 1 aromatic heterocycles. The maximum absolute atomic E-state index is 9.92. The van der Waals surface area contributed by atoms with Gasteiger partial charge in [-0.2, -0.15) is 10.2 Å². The Balaban J connectivity index is 1.61. The van der Waals surface area contributed by atoms with Crippen LogP contribution in [0, 0.1) is 11.3 Å². The van der Waals surface area contributed by atoms with E-state index in [1.165, 1.54) is 0 Å². The van der Waals surface area contributed by atoms with Crippen LogP contribution in [0.5, 0.6) is 5.88 Å². The fraction of sp³-hybridized carbons (Fsp3) is 0.714. The van der Waals surface area contributed by atoms with Gasteiger partial charge >= 0.3 is 0 Å². The Morgan fingerprint density at radius 2 is 1.76 bits per heavy atom. The molecular weight excluding hydrogens is 372 g/mol. The molecule has 0 bridgehead atoms. The van der Waals surface area contributed by atoms with E-state index in [1.54, 1.807) is 0 Å². The van der Waals surface area contributed by atoms with Crippen molar-refractivity contribution in [1.29, 1.82) is 5.26 Å². The highest BCUT2D eigenvalue weighted by Crippen LogP contribution is 2.38. The molecule has 29 heavy (non-hydrogen) atoms. The van der Waals surface area contributed by atoms with E-state index in [4.69, 9.17) is 23.9 Å². The fourth-order valence-electron chi connectivity index (χ4n) is 4.08. The molecule has 0 N–H and O–H groups in total. The SMILES string of the molecule is CC1(C)Cc2c(C#N)c(OCCN3CCOCC3)nc(N3CCOCC3)c2CO1. The topological polar surface area (TPSA) is 80.1 Å². The summed E-state index contributed by atoms with van der Waals surface area (Å²) < 4.78 is 23.0. The third-order valence-electron chi connectivity index (χ3n) is 5.74. The van der Waals surface area contributed by atoms with Gasteiger partial charge in [-0.15, -0.1) is 0 Å². The monoisotopic (exact) mass is 402 g/mol. The fourth-order valence-corrected chi connectivity index (χ4v) is 4.08. The Kier molecular flexibility index (Phi) is 6.20. The van der Waals surface area contributed by atoms with Crippen LogP contribution in [0.1, 0.15) is 30.5 Å². The van der Waals surface area contributed by atoms with Crippen LogP contribution in [-0.4, -0.2) is 81.2 Å². The van der Waals surface area contributed by atoms with Crippen LogP contribution >= 0.6 is 0 Å². The van der Waals surface area contributed by atoms with Crippen LogP contribution in [0.3, 0.4) is 0 Å². The van der Waals surface area contributed by atoms with Crippen molar-refractivity contribution in [3.8, 4) is 11.9 Å². The number of aromatic nitrogens is 1. The largest absolute Gasteiger partial charge is 0.475 e. The predicted octanol–water partition coefficient (Wildman–Crippen LogP) is 1.35. The molecule has 4 rings (SSSR count). The van der Waals surface area contributed by atoms with Crippen LogP contribution < -0.4 is 9.64 Å². The molecule has 0 unspecified atom stereocenters. The average molecular weight is 402 g/mol. The van der Waals surface area contributed by atoms with Crippen molar-refractivity contribution in [2.75, 3.05) is 70.7 Å². The Labute approximate surface area is 172 Å². The minimum atomic E-state index is -0.312. The van der Waals surface area contributed by atoms with E-state index in [-0.39, 0.29) is 5.60 Å². The van der Waals surface area contributed by atoms with E-state index in [0.717, 1.165) is 62.9 Å². The molecule has 0 amide bonds. The summed E-state index contributed by atoms with van der Waals surface area (Å²) in [4.78, 5) is 9.35. The molecule has 0 aliphatic carbocycles. The molecule has 4 heterocycles. The Bertz CT molecular complexity index is 765. The first-order valence-corrected chi connectivity index (χ1v) is 10.4. The number of morpholine rings is 2. The molecule has 8 heteroatoms. The summed E-state index contributed by atoms with van der Waals surface area (Å²) in [6.07, 6.45) is 0.672. The summed E-state index contributed by atoms with van der Waals surface area (Å²) in [6, 6.07) is 2.36. The number of nitriles is 1. The Morgan fingerprint density at radius 3 is 2.45 bits per heavy atom. The zero-order valence-electron chi connectivity index (χ0n) is 17.4. The lowest BCUT2D eigenvalue weighted by Crippen LogP contribution is -2.40. The molecule has 0 aromatic carbocycles. The molecule has 8 nitrogen and oxygen atoms in total. The summed E-state index contributed by atoms with van der Waals surface area (Å²) >= 11 is 0. The van der Waals surface area contributed by atoms with Gasteiger partial charge in [0.2, 0.25) is 5.88 Å². The summed E-state index contributed by atoms with van der Waals surface area (Å²) in [7, 11) is 0. The van der Waals surface area contributed by atoms with Crippen molar-refractivity contribution < 1.29 is 18.9 Å². The van der Waals surface area contributed by atoms with Crippen molar-refractivity contribution in [1.82, 2.24) is 9.88 Å². The van der Waals surface area contributed by atoms with Gasteiger partial charge in [-0.3, -0.25) is 4.90 Å². The lowest BCUT2D eigenvalue weighted by Gasteiger charge is -2.36. The van der Waals surface area contributed by atoms with E-state index < -0.39 is 0 Å². The molecular formula is C21H30N4O4. The number of anilines is 1. The smallest absolute Gasteiger partial charge is 0.234 e. The quantitative estimate of drug-likeness (QED) is 0.730. The van der Waals surface area contributed by atoms with Crippen molar-refractivity contribution in [3.05, 3.63) is 16.7 Å². The standard InChI is InChI=1S/C21H30N4O4/c1-21(2)13-16-17(14-22)20(28-12-5-24-3-8-26-9-4-24)23-19(18(16)15-29-21)25-6-10-27-11-7-25/h3-13,15H2,1-2H3. The van der Waals surface area contributed by atoms with Crippen molar-refractivity contribution in [2.45, 2.75) is 32.5 Å². The van der Waals surface area contributed by atoms with E-state index in [0.29, 0.717) is 44.3 Å². The number of hydrogen-bond acceptors (Lipinski definition) is 8. The summed E-state index contributed by atoms with van der Waals surface area (Å²) in [5.41, 5.74) is 2.27. The molecule has 3 aliphatic rings. The van der Waals surface area contributed by atoms with Gasteiger partial charge in [-0.1, -0.05) is 0 Å². The molecule has 0 spiro atoms. The maximum Gasteiger partial charge on any atom is 0.234 e. The maximum atomic E-state index is 9.92. The summed E-state index contributed by atoms with van der Waals surface area (Å²) in [5, 5.41) is 9.92. The number of ether oxygens (including phenoxy) is 4. The second-order valence-electron chi connectivity index (χ2n) is 8.31. The van der Waals surface area contributed by atoms with Crippen molar-refractivity contribution >= 4 is 5.82 Å². The predicted molar refractivity (Wildman–Crippen MR) is 107 cm³/mol. The molecule has 2 saturated heterocycles. The van der Waals surface area contributed by atoms with Gasteiger partial charge < -0.3 is 23.8 Å². The van der Waals surface area contributed by atoms with E-state index in [9.17, 15) is 5.26 Å². The average Bonchev–Trinajstić information content (AvgIpc) is 2.74. The normalized spacial score (nSPS) is 22.0. The van der Waals surface area contributed by atoms with Gasteiger partial charge in [0.05, 0.1) is 38.6 Å². The number of fused-ring (bicyclic) bond motifs is 1. The lowest BCUT2D eigenvalue weighted by atomic mass is 9.89. The van der Waals surface area contributed by atoms with Crippen LogP contribution in [0.2, 0.25) is 0 Å². The van der Waals surface area contributed by atoms with Crippen LogP contribution in [-0.2, 0) is 27.2 Å². The molecule has 0 radical (unpaired) electrons. The van der Waals surface area contributed by atoms with E-state index in [2.05, 4.69) is 29.7 Å². The number of pyridine rings is 1. The molecule has 158 valence electrons. The minimum Gasteiger partial charge on any atom is -0.475 e. The lowest BCUT2D eigenvalue weighted by molar-refractivity contribution is -0.0402. The molecule has 2 fully saturated rings. The molecule has 0 saturated carbocycles. The van der Waals surface area contributed by atoms with Gasteiger partial charge in [0.25, 0.3) is 0 Å². The highest BCUT2D eigenvalue weighted by Gasteiger charge is 2.34. The second kappa shape index (κ2) is 8.84. The summed E-state index contributed by atoms with van der Waals surface area (Å²) in [6.45, 7) is 12.1. The molecule has 1 aromatic rings. The first-order chi connectivity index (χ1) is 14.1. The molecule has 3 aliphatic heterocycles. The second-order valence-corrected chi connectivity index (χ2v) is 8.31. The van der Waals surface area contributed by atoms with Gasteiger partial charge in [0, 0.05) is 44.7 Å². The van der Waals surface area contributed by atoms with Gasteiger partial charge in [-0.05, 0) is 19.4 Å². The van der Waals surface area contributed by atoms with Gasteiger partial charge in [0.15, 0.2) is 0 Å². The van der Waals surface area contributed by atoms with E-state index in [1.807, 2.05) is 0 Å². The van der Waals surface area contributed by atoms with Crippen molar-refractivity contribution in [2.24, 2.45) is 0 Å². The van der Waals surface area contributed by atoms with Crippen molar-refractivity contribution in [3.63, 3.8) is 0 Å². The van der Waals surface area contributed by atoms with Crippen LogP contribution in [0.15, 0.2) is 0 Å². The Hall–Kier alpha value is -1.92. The highest BCUT2D eigenvalue weighted by molar-refractivity contribution is 5.61. The number of rotatable bonds is 5. The first-order valence-electron chi connectivity index (χ1n) is 10.4. The highest BCUT2D eigenvalue weighted by atomic mass is 16.5. The summed E-state index contributed by atoms with van der Waals surface area (Å²) in [5.74, 6) is 1.32. The zero-order valence-corrected chi connectivity index (χ0v) is 17.4. The molecule has 0 atom stereocenters. The Morgan fingerprint density at radius 1 is 1.07 bits per heavy atom. The van der Waals surface area contributed by atoms with Gasteiger partial charge in [0.1, 0.15) is 24.1 Å². The minimum absolute atomic E-state index is 0.312. The third kappa shape index (κ3) is 4.64. The number of hydrogen-bond donors (Lipinski definition) is 0. The van der Waals surface area contributed by atoms with E-state index >= 15 is 0 Å². The van der Waals surface area contributed by atoms with Crippen LogP contribution in [0.25, 0.3) is 0 Å². The first kappa shape index (κ1) is 20.4.